The van der Waals surface area contributed by atoms with Gasteiger partial charge in [0, 0.05) is 23.7 Å². The summed E-state index contributed by atoms with van der Waals surface area (Å²) in [5.41, 5.74) is 0.940. The second-order valence-corrected chi connectivity index (χ2v) is 8.37. The Kier molecular flexibility index (Phi) is 7.89. The topological polar surface area (TPSA) is 39.9 Å². The third kappa shape index (κ3) is 6.40. The summed E-state index contributed by atoms with van der Waals surface area (Å²) >= 11 is 7.34. The molecule has 0 atom stereocenters. The lowest BCUT2D eigenvalue weighted by Gasteiger charge is -2.10. The number of alkyl halides is 3. The maximum absolute atomic E-state index is 12.9. The minimum atomic E-state index is -4.34. The van der Waals surface area contributed by atoms with Crippen LogP contribution < -0.4 is 4.74 Å². The Hall–Kier alpha value is -2.19. The normalized spacial score (nSPS) is 11.7. The molecule has 0 saturated heterocycles. The molecule has 0 aliphatic rings. The third-order valence-electron chi connectivity index (χ3n) is 4.67. The molecule has 1 heterocycles. The summed E-state index contributed by atoms with van der Waals surface area (Å²) in [6.45, 7) is 5.16. The summed E-state index contributed by atoms with van der Waals surface area (Å²) in [4.78, 5) is 0. The zero-order valence-corrected chi connectivity index (χ0v) is 18.8. The van der Waals surface area contributed by atoms with Gasteiger partial charge in [0.25, 0.3) is 0 Å². The molecule has 0 aliphatic heterocycles. The van der Waals surface area contributed by atoms with E-state index in [0.29, 0.717) is 41.1 Å². The highest BCUT2D eigenvalue weighted by Gasteiger charge is 2.30. The highest BCUT2D eigenvalue weighted by atomic mass is 35.5. The van der Waals surface area contributed by atoms with Crippen LogP contribution in [0.25, 0.3) is 0 Å². The first-order chi connectivity index (χ1) is 14.8. The summed E-state index contributed by atoms with van der Waals surface area (Å²) in [6.07, 6.45) is -2.89. The van der Waals surface area contributed by atoms with E-state index in [1.807, 2.05) is 30.5 Å². The van der Waals surface area contributed by atoms with E-state index in [-0.39, 0.29) is 0 Å². The number of aromatic nitrogens is 3. The molecular weight excluding hydrogens is 447 g/mol. The number of ether oxygens (including phenoxy) is 1. The van der Waals surface area contributed by atoms with Crippen LogP contribution in [0, 0.1) is 6.92 Å². The second-order valence-electron chi connectivity index (χ2n) is 6.99. The first-order valence-electron chi connectivity index (χ1n) is 9.88. The zero-order valence-electron chi connectivity index (χ0n) is 17.2. The average Bonchev–Trinajstić information content (AvgIpc) is 3.12. The van der Waals surface area contributed by atoms with Crippen molar-refractivity contribution >= 4 is 23.4 Å². The molecule has 4 nitrogen and oxygen atoms in total. The van der Waals surface area contributed by atoms with Crippen LogP contribution >= 0.6 is 23.4 Å². The van der Waals surface area contributed by atoms with Crippen molar-refractivity contribution in [3.8, 4) is 5.75 Å². The van der Waals surface area contributed by atoms with Gasteiger partial charge in [0.1, 0.15) is 11.6 Å². The Bertz CT molecular complexity index is 1020. The number of halogens is 4. The van der Waals surface area contributed by atoms with Crippen LogP contribution in [-0.2, 0) is 24.9 Å². The number of thioether (sulfide) groups is 1. The molecule has 1 aromatic heterocycles. The molecule has 0 fully saturated rings. The molecule has 0 radical (unpaired) electrons. The Balaban J connectivity index is 1.55. The molecule has 0 saturated carbocycles. The highest BCUT2D eigenvalue weighted by Crippen LogP contribution is 2.31. The van der Waals surface area contributed by atoms with Crippen LogP contribution in [0.4, 0.5) is 13.2 Å². The first-order valence-corrected chi connectivity index (χ1v) is 11.2. The quantitative estimate of drug-likeness (QED) is 0.262. The average molecular weight is 470 g/mol. The molecule has 31 heavy (non-hydrogen) atoms. The largest absolute Gasteiger partial charge is 0.493 e. The summed E-state index contributed by atoms with van der Waals surface area (Å²) in [5, 5.41) is 9.88. The summed E-state index contributed by atoms with van der Waals surface area (Å²) in [7, 11) is 0. The van der Waals surface area contributed by atoms with Crippen LogP contribution in [0.1, 0.15) is 35.9 Å². The van der Waals surface area contributed by atoms with Crippen molar-refractivity contribution in [1.82, 2.24) is 14.8 Å². The number of nitrogens with zero attached hydrogens (tertiary/aromatic N) is 3. The maximum atomic E-state index is 12.9. The molecule has 0 bridgehead atoms. The van der Waals surface area contributed by atoms with E-state index in [4.69, 9.17) is 16.3 Å². The van der Waals surface area contributed by atoms with Crippen molar-refractivity contribution in [3.63, 3.8) is 0 Å². The van der Waals surface area contributed by atoms with Gasteiger partial charge in [0.05, 0.1) is 12.2 Å². The van der Waals surface area contributed by atoms with Crippen molar-refractivity contribution < 1.29 is 17.9 Å². The van der Waals surface area contributed by atoms with Gasteiger partial charge in [-0.2, -0.15) is 13.2 Å². The molecule has 0 unspecified atom stereocenters. The Labute approximate surface area is 188 Å². The van der Waals surface area contributed by atoms with Crippen molar-refractivity contribution in [2.75, 3.05) is 6.61 Å². The van der Waals surface area contributed by atoms with Gasteiger partial charge in [0.2, 0.25) is 0 Å². The summed E-state index contributed by atoms with van der Waals surface area (Å²) in [6, 6.07) is 10.9. The fourth-order valence-corrected chi connectivity index (χ4v) is 4.29. The van der Waals surface area contributed by atoms with Crippen molar-refractivity contribution in [2.45, 2.75) is 50.3 Å². The molecule has 0 amide bonds. The SMILES string of the molecule is CCn1c(CCCOc2ccc(Cl)cc2C)nnc1SCc1cccc(C(F)(F)F)c1. The predicted molar refractivity (Wildman–Crippen MR) is 117 cm³/mol. The molecule has 0 aliphatic carbocycles. The molecule has 166 valence electrons. The van der Waals surface area contributed by atoms with Crippen LogP contribution in [0.15, 0.2) is 47.6 Å². The van der Waals surface area contributed by atoms with Gasteiger partial charge in [0.15, 0.2) is 5.16 Å². The first kappa shape index (κ1) is 23.5. The van der Waals surface area contributed by atoms with Gasteiger partial charge in [-0.3, -0.25) is 0 Å². The van der Waals surface area contributed by atoms with Crippen molar-refractivity contribution in [2.24, 2.45) is 0 Å². The summed E-state index contributed by atoms with van der Waals surface area (Å²) < 4.78 is 46.5. The Morgan fingerprint density at radius 3 is 2.65 bits per heavy atom. The minimum Gasteiger partial charge on any atom is -0.493 e. The Morgan fingerprint density at radius 2 is 1.94 bits per heavy atom. The number of rotatable bonds is 9. The lowest BCUT2D eigenvalue weighted by atomic mass is 10.1. The van der Waals surface area contributed by atoms with E-state index in [1.165, 1.54) is 23.9 Å². The summed E-state index contributed by atoms with van der Waals surface area (Å²) in [5.74, 6) is 2.03. The van der Waals surface area contributed by atoms with Gasteiger partial charge in [-0.1, -0.05) is 41.6 Å². The molecule has 9 heteroatoms. The predicted octanol–water partition coefficient (Wildman–Crippen LogP) is 6.58. The number of aryl methyl sites for hydroxylation is 2. The van der Waals surface area contributed by atoms with Gasteiger partial charge >= 0.3 is 6.18 Å². The standard InChI is InChI=1S/C22H23ClF3N3OS/c1-3-29-20(8-5-11-30-19-10-9-18(23)12-15(19)2)27-28-21(29)31-14-16-6-4-7-17(13-16)22(24,25)26/h4,6-7,9-10,12-13H,3,5,8,11,14H2,1-2H3. The number of hydrogen-bond acceptors (Lipinski definition) is 4. The van der Waals surface area contributed by atoms with E-state index in [9.17, 15) is 13.2 Å². The molecular formula is C22H23ClF3N3OS. The Morgan fingerprint density at radius 1 is 1.13 bits per heavy atom. The molecule has 2 aromatic carbocycles. The van der Waals surface area contributed by atoms with E-state index in [2.05, 4.69) is 10.2 Å². The maximum Gasteiger partial charge on any atom is 0.416 e. The zero-order chi connectivity index (χ0) is 22.4. The minimum absolute atomic E-state index is 0.390. The van der Waals surface area contributed by atoms with E-state index >= 15 is 0 Å². The van der Waals surface area contributed by atoms with E-state index < -0.39 is 11.7 Å². The van der Waals surface area contributed by atoms with Crippen molar-refractivity contribution in [3.05, 3.63) is 70.0 Å². The second kappa shape index (κ2) is 10.4. The van der Waals surface area contributed by atoms with Gasteiger partial charge in [-0.25, -0.2) is 0 Å². The fourth-order valence-electron chi connectivity index (χ4n) is 3.10. The lowest BCUT2D eigenvalue weighted by Crippen LogP contribution is -2.07. The third-order valence-corrected chi connectivity index (χ3v) is 5.94. The van der Waals surface area contributed by atoms with E-state index in [1.54, 1.807) is 12.1 Å². The van der Waals surface area contributed by atoms with Crippen LogP contribution in [0.2, 0.25) is 5.02 Å². The van der Waals surface area contributed by atoms with E-state index in [0.717, 1.165) is 29.6 Å². The number of benzene rings is 2. The van der Waals surface area contributed by atoms with Crippen molar-refractivity contribution in [1.29, 1.82) is 0 Å². The van der Waals surface area contributed by atoms with Crippen LogP contribution in [-0.4, -0.2) is 21.4 Å². The van der Waals surface area contributed by atoms with Gasteiger partial charge in [-0.05, 0) is 55.7 Å². The van der Waals surface area contributed by atoms with Gasteiger partial charge < -0.3 is 9.30 Å². The molecule has 3 aromatic rings. The highest BCUT2D eigenvalue weighted by molar-refractivity contribution is 7.98. The molecule has 0 N–H and O–H groups in total. The molecule has 3 rings (SSSR count). The van der Waals surface area contributed by atoms with Gasteiger partial charge in [-0.15, -0.1) is 10.2 Å². The smallest absolute Gasteiger partial charge is 0.416 e. The molecule has 0 spiro atoms. The lowest BCUT2D eigenvalue weighted by molar-refractivity contribution is -0.137. The monoisotopic (exact) mass is 469 g/mol. The van der Waals surface area contributed by atoms with Crippen LogP contribution in [0.3, 0.4) is 0 Å². The van der Waals surface area contributed by atoms with Crippen LogP contribution in [0.5, 0.6) is 5.75 Å². The fraction of sp³-hybridized carbons (Fsp3) is 0.364. The number of hydrogen-bond donors (Lipinski definition) is 0.